The fraction of sp³-hybridized carbons (Fsp3) is 1.00. The van der Waals surface area contributed by atoms with E-state index in [1.807, 2.05) is 0 Å². The topological polar surface area (TPSA) is 26.0 Å². The zero-order chi connectivity index (χ0) is 4.28. The monoisotopic (exact) mass is 109 g/mol. The van der Waals surface area contributed by atoms with E-state index < -0.39 is 0 Å². The van der Waals surface area contributed by atoms with Gasteiger partial charge in [-0.3, -0.25) is 0 Å². The van der Waals surface area contributed by atoms with Crippen molar-refractivity contribution in [2.45, 2.75) is 12.3 Å². The molecule has 1 nitrogen and oxygen atoms in total. The van der Waals surface area contributed by atoms with E-state index in [1.54, 1.807) is 0 Å². The molecule has 0 spiro atoms. The summed E-state index contributed by atoms with van der Waals surface area (Å²) in [5, 5.41) is 0.606. The van der Waals surface area contributed by atoms with Gasteiger partial charge in [0, 0.05) is 5.40 Å². The number of hydrogen-bond donors (Lipinski definition) is 1. The van der Waals surface area contributed by atoms with Crippen molar-refractivity contribution in [3.8, 4) is 0 Å². The van der Waals surface area contributed by atoms with Crippen molar-refractivity contribution in [2.24, 2.45) is 5.50 Å². The van der Waals surface area contributed by atoms with Gasteiger partial charge in [-0.2, -0.15) is 0 Å². The summed E-state index contributed by atoms with van der Waals surface area (Å²) in [6, 6.07) is 0. The van der Waals surface area contributed by atoms with Gasteiger partial charge in [-0.25, -0.2) is 0 Å². The Hall–Kier alpha value is 0.820. The van der Waals surface area contributed by atoms with Crippen LogP contribution in [0.5, 0.6) is 0 Å². The van der Waals surface area contributed by atoms with Crippen molar-refractivity contribution in [3.63, 3.8) is 0 Å². The van der Waals surface area contributed by atoms with Gasteiger partial charge < -0.3 is 5.50 Å². The summed E-state index contributed by atoms with van der Waals surface area (Å²) in [6.45, 7) is 2.07. The molecular weight excluding hydrogens is 100.0 g/mol. The summed E-state index contributed by atoms with van der Waals surface area (Å²) in [6.07, 6.45) is 0. The van der Waals surface area contributed by atoms with Crippen molar-refractivity contribution in [3.05, 3.63) is 0 Å². The Morgan fingerprint density at radius 2 is 2.20 bits per heavy atom. The lowest BCUT2D eigenvalue weighted by molar-refractivity contribution is 1.41. The fourth-order valence-corrected chi connectivity index (χ4v) is 0. The number of nitrogens with two attached hydrogens (primary N) is 1. The quantitative estimate of drug-likeness (QED) is 0.494. The molecule has 0 saturated carbocycles. The molecule has 0 radical (unpaired) electrons. The number of rotatable bonds is 1. The Bertz CT molecular complexity index is 21.6. The molecule has 0 heterocycles. The van der Waals surface area contributed by atoms with Gasteiger partial charge in [0.1, 0.15) is 0 Å². The minimum atomic E-state index is 0.577. The highest BCUT2D eigenvalue weighted by Crippen LogP contribution is 2.13. The van der Waals surface area contributed by atoms with Crippen molar-refractivity contribution in [1.29, 1.82) is 0 Å². The lowest BCUT2D eigenvalue weighted by atomic mass is 11.0. The minimum Gasteiger partial charge on any atom is -0.312 e. The van der Waals surface area contributed by atoms with Gasteiger partial charge in [0.25, 0.3) is 0 Å². The molecule has 3 atom stereocenters. The van der Waals surface area contributed by atoms with Crippen molar-refractivity contribution >= 4 is 18.0 Å². The summed E-state index contributed by atoms with van der Waals surface area (Å²) in [5.41, 5.74) is 5.18. The maximum Gasteiger partial charge on any atom is 0.00100 e. The van der Waals surface area contributed by atoms with Gasteiger partial charge in [-0.15, -0.1) is 9.24 Å². The Morgan fingerprint density at radius 3 is 2.20 bits per heavy atom. The van der Waals surface area contributed by atoms with E-state index >= 15 is 0 Å². The van der Waals surface area contributed by atoms with Gasteiger partial charge >= 0.3 is 0 Å². The van der Waals surface area contributed by atoms with E-state index in [4.69, 9.17) is 5.50 Å². The molecule has 0 bridgehead atoms. The summed E-state index contributed by atoms with van der Waals surface area (Å²) < 4.78 is 0. The van der Waals surface area contributed by atoms with E-state index in [0.29, 0.717) is 14.1 Å². The molecule has 0 saturated heterocycles. The average Bonchev–Trinajstić information content (AvgIpc) is 1.38. The van der Waals surface area contributed by atoms with E-state index in [-0.39, 0.29) is 0 Å². The second-order valence-corrected chi connectivity index (χ2v) is 3.87. The Labute approximate surface area is 36.7 Å². The van der Waals surface area contributed by atoms with Crippen LogP contribution >= 0.6 is 18.0 Å². The van der Waals surface area contributed by atoms with Gasteiger partial charge in [0.2, 0.25) is 0 Å². The molecule has 0 aromatic carbocycles. The van der Waals surface area contributed by atoms with E-state index in [9.17, 15) is 0 Å². The van der Waals surface area contributed by atoms with Gasteiger partial charge in [-0.1, -0.05) is 15.7 Å². The highest BCUT2D eigenvalue weighted by Gasteiger charge is 1.79. The standard InChI is InChI=1S/C2H9NP2/c1-2(4)5-3/h2,5H,3-4H2,1H3. The molecule has 0 aliphatic carbocycles. The molecule has 0 rings (SSSR count). The van der Waals surface area contributed by atoms with Crippen LogP contribution in [0.15, 0.2) is 0 Å². The smallest absolute Gasteiger partial charge is 0.00100 e. The van der Waals surface area contributed by atoms with Gasteiger partial charge in [-0.05, 0) is 0 Å². The first-order valence-electron chi connectivity index (χ1n) is 1.49. The molecular formula is C2H9NP2. The predicted molar refractivity (Wildman–Crippen MR) is 31.7 cm³/mol. The van der Waals surface area contributed by atoms with Crippen molar-refractivity contribution in [1.82, 2.24) is 0 Å². The van der Waals surface area contributed by atoms with Crippen LogP contribution in [0, 0.1) is 0 Å². The minimum absolute atomic E-state index is 0.577. The van der Waals surface area contributed by atoms with E-state index in [2.05, 4.69) is 16.2 Å². The second kappa shape index (κ2) is 3.03. The highest BCUT2D eigenvalue weighted by molar-refractivity contribution is 7.48. The summed E-state index contributed by atoms with van der Waals surface area (Å²) in [4.78, 5) is 0. The summed E-state index contributed by atoms with van der Waals surface area (Å²) in [7, 11) is 3.20. The number of hydrogen-bond acceptors (Lipinski definition) is 1. The van der Waals surface area contributed by atoms with Crippen LogP contribution in [0.3, 0.4) is 0 Å². The maximum absolute atomic E-state index is 5.18. The Kier molecular flexibility index (Phi) is 3.52. The Morgan fingerprint density at radius 1 is 2.00 bits per heavy atom. The van der Waals surface area contributed by atoms with Crippen LogP contribution < -0.4 is 5.50 Å². The first-order valence-corrected chi connectivity index (χ1v) is 3.31. The van der Waals surface area contributed by atoms with Crippen LogP contribution in [0.2, 0.25) is 0 Å². The first-order chi connectivity index (χ1) is 2.27. The molecule has 0 fully saturated rings. The Balaban J connectivity index is 2.54. The first kappa shape index (κ1) is 5.82. The van der Waals surface area contributed by atoms with Crippen LogP contribution in [0.25, 0.3) is 0 Å². The van der Waals surface area contributed by atoms with Crippen molar-refractivity contribution in [2.75, 3.05) is 0 Å². The summed E-state index contributed by atoms with van der Waals surface area (Å²) >= 11 is 0. The lowest BCUT2D eigenvalue weighted by Gasteiger charge is -1.91. The molecule has 0 aliphatic rings. The molecule has 32 valence electrons. The molecule has 0 aliphatic heterocycles. The molecule has 0 amide bonds. The van der Waals surface area contributed by atoms with Gasteiger partial charge in [0.15, 0.2) is 0 Å². The molecule has 5 heavy (non-hydrogen) atoms. The summed E-state index contributed by atoms with van der Waals surface area (Å²) in [5.74, 6) is 0. The van der Waals surface area contributed by atoms with Crippen molar-refractivity contribution < 1.29 is 0 Å². The van der Waals surface area contributed by atoms with Crippen LogP contribution in [-0.4, -0.2) is 5.40 Å². The zero-order valence-electron chi connectivity index (χ0n) is 3.23. The predicted octanol–water partition coefficient (Wildman–Crippen LogP) is 0.760. The molecule has 0 aromatic heterocycles. The SMILES string of the molecule is CC(P)PN. The molecule has 2 N–H and O–H groups in total. The highest BCUT2D eigenvalue weighted by atomic mass is 31.1. The van der Waals surface area contributed by atoms with Crippen LogP contribution in [-0.2, 0) is 0 Å². The average molecular weight is 109 g/mol. The molecule has 0 aromatic rings. The molecule has 3 heteroatoms. The van der Waals surface area contributed by atoms with Crippen LogP contribution in [0.4, 0.5) is 0 Å². The maximum atomic E-state index is 5.18. The lowest BCUT2D eigenvalue weighted by Crippen LogP contribution is -1.81. The zero-order valence-corrected chi connectivity index (χ0v) is 5.39. The van der Waals surface area contributed by atoms with E-state index in [1.165, 1.54) is 0 Å². The normalized spacial score (nSPS) is 17.4. The third kappa shape index (κ3) is 4.82. The third-order valence-corrected chi connectivity index (χ3v) is 1.37. The van der Waals surface area contributed by atoms with Gasteiger partial charge in [0.05, 0.1) is 0 Å². The van der Waals surface area contributed by atoms with E-state index in [0.717, 1.165) is 0 Å². The third-order valence-electron chi connectivity index (χ3n) is 0.263. The molecule has 3 unspecified atom stereocenters. The van der Waals surface area contributed by atoms with Crippen LogP contribution in [0.1, 0.15) is 6.92 Å². The largest absolute Gasteiger partial charge is 0.312 e. The fourth-order valence-electron chi connectivity index (χ4n) is 0. The second-order valence-electron chi connectivity index (χ2n) is 0.955.